The summed E-state index contributed by atoms with van der Waals surface area (Å²) < 4.78 is 17.6. The van der Waals surface area contributed by atoms with Crippen LogP contribution < -0.4 is 4.74 Å². The molecule has 1 spiro atoms. The smallest absolute Gasteiger partial charge is 0.289 e. The van der Waals surface area contributed by atoms with Crippen LogP contribution in [0.4, 0.5) is 0 Å². The Morgan fingerprint density at radius 2 is 2.07 bits per heavy atom. The first kappa shape index (κ1) is 18.4. The fourth-order valence-corrected chi connectivity index (χ4v) is 4.67. The number of likely N-dealkylation sites (tertiary alicyclic amines) is 1. The molecule has 0 aliphatic carbocycles. The van der Waals surface area contributed by atoms with Gasteiger partial charge in [0.1, 0.15) is 17.1 Å². The van der Waals surface area contributed by atoms with E-state index in [4.69, 9.17) is 13.9 Å². The molecule has 0 saturated carbocycles. The van der Waals surface area contributed by atoms with Crippen LogP contribution in [0.5, 0.6) is 5.75 Å². The van der Waals surface area contributed by atoms with Crippen molar-refractivity contribution in [3.63, 3.8) is 0 Å². The minimum atomic E-state index is -0.357. The standard InChI is InChI=1S/C21H25NO4S/c1-24-17-5-3-4-15-8-13-25-21(19(15)17)9-11-22(12-10-21)20(23)18-7-6-16(26-18)14-27-2/h3-7H,8-14H2,1-2H3. The number of benzene rings is 1. The minimum Gasteiger partial charge on any atom is -0.496 e. The third-order valence-electron chi connectivity index (χ3n) is 5.56. The molecule has 1 amide bonds. The lowest BCUT2D eigenvalue weighted by Gasteiger charge is -2.45. The van der Waals surface area contributed by atoms with Crippen molar-refractivity contribution < 1.29 is 18.7 Å². The molecule has 0 atom stereocenters. The molecule has 4 rings (SSSR count). The summed E-state index contributed by atoms with van der Waals surface area (Å²) in [7, 11) is 1.71. The van der Waals surface area contributed by atoms with Gasteiger partial charge in [-0.25, -0.2) is 0 Å². The zero-order valence-corrected chi connectivity index (χ0v) is 16.6. The largest absolute Gasteiger partial charge is 0.496 e. The fraction of sp³-hybridized carbons (Fsp3) is 0.476. The summed E-state index contributed by atoms with van der Waals surface area (Å²) in [6, 6.07) is 9.88. The quantitative estimate of drug-likeness (QED) is 0.797. The number of rotatable bonds is 4. The van der Waals surface area contributed by atoms with E-state index in [-0.39, 0.29) is 11.5 Å². The van der Waals surface area contributed by atoms with E-state index < -0.39 is 0 Å². The Kier molecular flexibility index (Phi) is 5.19. The Balaban J connectivity index is 1.52. The number of hydrogen-bond acceptors (Lipinski definition) is 5. The van der Waals surface area contributed by atoms with E-state index in [0.717, 1.165) is 36.5 Å². The summed E-state index contributed by atoms with van der Waals surface area (Å²) in [5, 5.41) is 0. The Hall–Kier alpha value is -1.92. The van der Waals surface area contributed by atoms with Crippen molar-refractivity contribution in [1.82, 2.24) is 4.90 Å². The number of fused-ring (bicyclic) bond motifs is 2. The molecule has 2 aliphatic rings. The van der Waals surface area contributed by atoms with Gasteiger partial charge in [-0.1, -0.05) is 12.1 Å². The number of carbonyl (C=O) groups excluding carboxylic acids is 1. The zero-order valence-electron chi connectivity index (χ0n) is 15.8. The highest BCUT2D eigenvalue weighted by Gasteiger charge is 2.44. The number of furan rings is 1. The Morgan fingerprint density at radius 3 is 2.81 bits per heavy atom. The average Bonchev–Trinajstić information content (AvgIpc) is 3.17. The van der Waals surface area contributed by atoms with E-state index >= 15 is 0 Å². The number of carbonyl (C=O) groups is 1. The molecule has 2 aromatic rings. The van der Waals surface area contributed by atoms with Crippen LogP contribution in [0.25, 0.3) is 0 Å². The molecule has 1 saturated heterocycles. The van der Waals surface area contributed by atoms with E-state index in [0.29, 0.717) is 25.5 Å². The van der Waals surface area contributed by atoms with Gasteiger partial charge in [0, 0.05) is 18.7 Å². The molecule has 0 N–H and O–H groups in total. The summed E-state index contributed by atoms with van der Waals surface area (Å²) in [5.41, 5.74) is 2.11. The van der Waals surface area contributed by atoms with Crippen molar-refractivity contribution in [2.45, 2.75) is 30.6 Å². The molecular formula is C21H25NO4S. The van der Waals surface area contributed by atoms with Crippen molar-refractivity contribution in [2.75, 3.05) is 33.1 Å². The predicted molar refractivity (Wildman–Crippen MR) is 105 cm³/mol. The maximum atomic E-state index is 12.8. The Morgan fingerprint density at radius 1 is 1.26 bits per heavy atom. The van der Waals surface area contributed by atoms with Crippen LogP contribution in [-0.2, 0) is 22.5 Å². The molecule has 5 nitrogen and oxygen atoms in total. The van der Waals surface area contributed by atoms with Gasteiger partial charge in [-0.3, -0.25) is 4.79 Å². The fourth-order valence-electron chi connectivity index (χ4n) is 4.23. The van der Waals surface area contributed by atoms with Gasteiger partial charge in [0.2, 0.25) is 0 Å². The molecule has 2 aliphatic heterocycles. The SMILES string of the molecule is COc1cccc2c1C1(CCN(C(=O)c3ccc(CSC)o3)CC1)OCC2. The van der Waals surface area contributed by atoms with Crippen molar-refractivity contribution in [2.24, 2.45) is 0 Å². The first-order chi connectivity index (χ1) is 13.2. The molecule has 27 heavy (non-hydrogen) atoms. The number of hydrogen-bond donors (Lipinski definition) is 0. The van der Waals surface area contributed by atoms with E-state index in [1.165, 1.54) is 11.1 Å². The second kappa shape index (κ2) is 7.60. The van der Waals surface area contributed by atoms with Gasteiger partial charge in [-0.2, -0.15) is 11.8 Å². The van der Waals surface area contributed by atoms with Crippen molar-refractivity contribution >= 4 is 17.7 Å². The molecule has 1 aromatic carbocycles. The van der Waals surface area contributed by atoms with Crippen LogP contribution >= 0.6 is 11.8 Å². The molecule has 144 valence electrons. The van der Waals surface area contributed by atoms with Gasteiger partial charge in [-0.15, -0.1) is 0 Å². The number of methoxy groups -OCH3 is 1. The Bertz CT molecular complexity index is 809. The molecule has 3 heterocycles. The normalized spacial score (nSPS) is 18.4. The summed E-state index contributed by atoms with van der Waals surface area (Å²) in [5.74, 6) is 2.90. The molecule has 1 fully saturated rings. The van der Waals surface area contributed by atoms with Crippen LogP contribution in [0.1, 0.15) is 40.3 Å². The van der Waals surface area contributed by atoms with E-state index in [9.17, 15) is 4.79 Å². The number of nitrogens with zero attached hydrogens (tertiary/aromatic N) is 1. The summed E-state index contributed by atoms with van der Waals surface area (Å²) in [6.45, 7) is 2.01. The van der Waals surface area contributed by atoms with Crippen molar-refractivity contribution in [3.8, 4) is 5.75 Å². The average molecular weight is 388 g/mol. The van der Waals surface area contributed by atoms with Crippen LogP contribution in [0.15, 0.2) is 34.7 Å². The van der Waals surface area contributed by atoms with Gasteiger partial charge in [0.05, 0.1) is 19.5 Å². The second-order valence-electron chi connectivity index (χ2n) is 7.08. The number of amides is 1. The second-order valence-corrected chi connectivity index (χ2v) is 7.94. The van der Waals surface area contributed by atoms with Gasteiger partial charge in [0.25, 0.3) is 5.91 Å². The molecule has 6 heteroatoms. The van der Waals surface area contributed by atoms with E-state index in [1.807, 2.05) is 29.4 Å². The summed E-state index contributed by atoms with van der Waals surface area (Å²) in [6.07, 6.45) is 4.46. The van der Waals surface area contributed by atoms with Crippen LogP contribution in [-0.4, -0.2) is 43.9 Å². The van der Waals surface area contributed by atoms with Gasteiger partial charge < -0.3 is 18.8 Å². The summed E-state index contributed by atoms with van der Waals surface area (Å²) in [4.78, 5) is 14.7. The van der Waals surface area contributed by atoms with Gasteiger partial charge in [-0.05, 0) is 49.3 Å². The Labute approximate surface area is 164 Å². The molecule has 1 aromatic heterocycles. The lowest BCUT2D eigenvalue weighted by Crippen LogP contribution is -2.48. The number of thioether (sulfide) groups is 1. The number of piperidine rings is 1. The topological polar surface area (TPSA) is 51.9 Å². The van der Waals surface area contributed by atoms with E-state index in [2.05, 4.69) is 6.07 Å². The van der Waals surface area contributed by atoms with Gasteiger partial charge in [0.15, 0.2) is 5.76 Å². The monoisotopic (exact) mass is 387 g/mol. The first-order valence-electron chi connectivity index (χ1n) is 9.34. The van der Waals surface area contributed by atoms with Crippen molar-refractivity contribution in [3.05, 3.63) is 53.0 Å². The minimum absolute atomic E-state index is 0.0340. The molecule has 0 radical (unpaired) electrons. The van der Waals surface area contributed by atoms with E-state index in [1.54, 1.807) is 24.9 Å². The lowest BCUT2D eigenvalue weighted by molar-refractivity contribution is -0.0948. The predicted octanol–water partition coefficient (Wildman–Crippen LogP) is 3.86. The van der Waals surface area contributed by atoms with Crippen LogP contribution in [0.3, 0.4) is 0 Å². The molecule has 0 bridgehead atoms. The zero-order chi connectivity index (χ0) is 18.9. The molecular weight excluding hydrogens is 362 g/mol. The van der Waals surface area contributed by atoms with Gasteiger partial charge >= 0.3 is 0 Å². The maximum Gasteiger partial charge on any atom is 0.289 e. The lowest BCUT2D eigenvalue weighted by atomic mass is 9.78. The molecule has 0 unspecified atom stereocenters. The highest BCUT2D eigenvalue weighted by Crippen LogP contribution is 2.45. The third kappa shape index (κ3) is 3.36. The highest BCUT2D eigenvalue weighted by molar-refractivity contribution is 7.97. The third-order valence-corrected chi connectivity index (χ3v) is 6.13. The van der Waals surface area contributed by atoms with Crippen LogP contribution in [0.2, 0.25) is 0 Å². The number of ether oxygens (including phenoxy) is 2. The van der Waals surface area contributed by atoms with Crippen LogP contribution in [0, 0.1) is 0 Å². The first-order valence-corrected chi connectivity index (χ1v) is 10.7. The summed E-state index contributed by atoms with van der Waals surface area (Å²) >= 11 is 1.68. The van der Waals surface area contributed by atoms with Crippen molar-refractivity contribution in [1.29, 1.82) is 0 Å². The highest BCUT2D eigenvalue weighted by atomic mass is 32.2. The maximum absolute atomic E-state index is 12.8.